The van der Waals surface area contributed by atoms with Gasteiger partial charge in [-0.05, 0) is 38.8 Å². The van der Waals surface area contributed by atoms with E-state index in [1.54, 1.807) is 0 Å². The maximum absolute atomic E-state index is 4.75. The standard InChI is InChI=1S/C11H18N4O/c1-7-11(14-16-13-7)6-15-5-9-3-12-4-10(9)8(15)2/h8-10,12H,3-6H2,1-2H3. The van der Waals surface area contributed by atoms with Gasteiger partial charge in [0.05, 0.1) is 0 Å². The minimum atomic E-state index is 0.635. The van der Waals surface area contributed by atoms with Crippen LogP contribution in [0.15, 0.2) is 4.63 Å². The van der Waals surface area contributed by atoms with Crippen molar-refractivity contribution in [2.75, 3.05) is 19.6 Å². The Kier molecular flexibility index (Phi) is 2.44. The van der Waals surface area contributed by atoms with E-state index in [0.717, 1.165) is 29.8 Å². The van der Waals surface area contributed by atoms with Gasteiger partial charge in [0.25, 0.3) is 0 Å². The molecule has 2 aliphatic heterocycles. The van der Waals surface area contributed by atoms with Gasteiger partial charge in [-0.15, -0.1) is 0 Å². The van der Waals surface area contributed by atoms with E-state index in [1.807, 2.05) is 6.92 Å². The van der Waals surface area contributed by atoms with Crippen molar-refractivity contribution in [2.24, 2.45) is 11.8 Å². The molecule has 88 valence electrons. The summed E-state index contributed by atoms with van der Waals surface area (Å²) in [5, 5.41) is 11.3. The average molecular weight is 222 g/mol. The molecule has 5 heteroatoms. The van der Waals surface area contributed by atoms with Crippen molar-refractivity contribution in [3.8, 4) is 0 Å². The molecular formula is C11H18N4O. The Morgan fingerprint density at radius 3 is 3.00 bits per heavy atom. The Hall–Kier alpha value is -0.940. The zero-order chi connectivity index (χ0) is 11.1. The Morgan fingerprint density at radius 2 is 2.31 bits per heavy atom. The van der Waals surface area contributed by atoms with Crippen molar-refractivity contribution in [1.82, 2.24) is 20.5 Å². The fourth-order valence-electron chi connectivity index (χ4n) is 3.05. The molecule has 0 amide bonds. The summed E-state index contributed by atoms with van der Waals surface area (Å²) in [5.41, 5.74) is 1.90. The van der Waals surface area contributed by atoms with Gasteiger partial charge in [-0.3, -0.25) is 4.90 Å². The zero-order valence-corrected chi connectivity index (χ0v) is 9.81. The maximum atomic E-state index is 4.75. The molecule has 3 heterocycles. The van der Waals surface area contributed by atoms with Crippen molar-refractivity contribution in [3.63, 3.8) is 0 Å². The van der Waals surface area contributed by atoms with Crippen molar-refractivity contribution >= 4 is 0 Å². The summed E-state index contributed by atoms with van der Waals surface area (Å²) in [5.74, 6) is 1.62. The zero-order valence-electron chi connectivity index (χ0n) is 9.81. The number of nitrogens with zero attached hydrogens (tertiary/aromatic N) is 3. The molecule has 0 radical (unpaired) electrons. The smallest absolute Gasteiger partial charge is 0.122 e. The van der Waals surface area contributed by atoms with E-state index in [1.165, 1.54) is 19.6 Å². The normalized spacial score (nSPS) is 34.5. The van der Waals surface area contributed by atoms with E-state index in [2.05, 4.69) is 27.5 Å². The first-order valence-corrected chi connectivity index (χ1v) is 5.98. The molecule has 0 aromatic carbocycles. The lowest BCUT2D eigenvalue weighted by molar-refractivity contribution is 0.221. The van der Waals surface area contributed by atoms with E-state index in [9.17, 15) is 0 Å². The fraction of sp³-hybridized carbons (Fsp3) is 0.818. The number of nitrogens with one attached hydrogen (secondary N) is 1. The Morgan fingerprint density at radius 1 is 1.44 bits per heavy atom. The fourth-order valence-corrected chi connectivity index (χ4v) is 3.05. The van der Waals surface area contributed by atoms with Crippen LogP contribution < -0.4 is 5.32 Å². The predicted molar refractivity (Wildman–Crippen MR) is 58.8 cm³/mol. The summed E-state index contributed by atoms with van der Waals surface area (Å²) < 4.78 is 4.75. The molecule has 0 bridgehead atoms. The molecule has 5 nitrogen and oxygen atoms in total. The molecule has 2 aliphatic rings. The molecule has 1 aromatic heterocycles. The predicted octanol–water partition coefficient (Wildman–Crippen LogP) is 0.418. The Bertz CT molecular complexity index is 378. The van der Waals surface area contributed by atoms with Crippen molar-refractivity contribution < 1.29 is 4.63 Å². The summed E-state index contributed by atoms with van der Waals surface area (Å²) >= 11 is 0. The summed E-state index contributed by atoms with van der Waals surface area (Å²) in [6, 6.07) is 0.635. The molecular weight excluding hydrogens is 204 g/mol. The van der Waals surface area contributed by atoms with Crippen LogP contribution >= 0.6 is 0 Å². The highest BCUT2D eigenvalue weighted by molar-refractivity contribution is 5.06. The first kappa shape index (κ1) is 10.2. The molecule has 0 saturated carbocycles. The molecule has 1 N–H and O–H groups in total. The summed E-state index contributed by atoms with van der Waals surface area (Å²) in [4.78, 5) is 2.50. The Labute approximate surface area is 95.2 Å². The molecule has 3 unspecified atom stereocenters. The van der Waals surface area contributed by atoms with Crippen LogP contribution in [-0.4, -0.2) is 40.9 Å². The second kappa shape index (κ2) is 3.82. The average Bonchev–Trinajstić information content (AvgIpc) is 2.91. The van der Waals surface area contributed by atoms with Crippen molar-refractivity contribution in [2.45, 2.75) is 26.4 Å². The SMILES string of the molecule is Cc1nonc1CN1CC2CNCC2C1C. The highest BCUT2D eigenvalue weighted by atomic mass is 16.6. The van der Waals surface area contributed by atoms with E-state index in [0.29, 0.717) is 6.04 Å². The van der Waals surface area contributed by atoms with E-state index in [-0.39, 0.29) is 0 Å². The van der Waals surface area contributed by atoms with Gasteiger partial charge >= 0.3 is 0 Å². The minimum Gasteiger partial charge on any atom is -0.316 e. The van der Waals surface area contributed by atoms with Crippen LogP contribution in [-0.2, 0) is 6.54 Å². The first-order chi connectivity index (χ1) is 7.75. The van der Waals surface area contributed by atoms with Crippen LogP contribution in [0.2, 0.25) is 0 Å². The monoisotopic (exact) mass is 222 g/mol. The second-order valence-electron chi connectivity index (χ2n) is 5.05. The van der Waals surface area contributed by atoms with Gasteiger partial charge in [-0.25, -0.2) is 4.63 Å². The number of likely N-dealkylation sites (tertiary alicyclic amines) is 1. The number of aromatic nitrogens is 2. The molecule has 3 atom stereocenters. The molecule has 3 rings (SSSR count). The molecule has 0 aliphatic carbocycles. The highest BCUT2D eigenvalue weighted by Gasteiger charge is 2.41. The number of fused-ring (bicyclic) bond motifs is 1. The van der Waals surface area contributed by atoms with Crippen molar-refractivity contribution in [1.29, 1.82) is 0 Å². The third-order valence-electron chi connectivity index (χ3n) is 4.16. The van der Waals surface area contributed by atoms with Crippen LogP contribution in [0, 0.1) is 18.8 Å². The lowest BCUT2D eigenvalue weighted by Gasteiger charge is -2.22. The van der Waals surface area contributed by atoms with Crippen LogP contribution in [0.4, 0.5) is 0 Å². The van der Waals surface area contributed by atoms with Crippen LogP contribution in [0.25, 0.3) is 0 Å². The van der Waals surface area contributed by atoms with Gasteiger partial charge in [0.1, 0.15) is 11.4 Å². The van der Waals surface area contributed by atoms with Gasteiger partial charge < -0.3 is 5.32 Å². The van der Waals surface area contributed by atoms with E-state index in [4.69, 9.17) is 4.63 Å². The van der Waals surface area contributed by atoms with Gasteiger partial charge in [-0.2, -0.15) is 0 Å². The van der Waals surface area contributed by atoms with Gasteiger partial charge in [-0.1, -0.05) is 10.3 Å². The molecule has 1 aromatic rings. The summed E-state index contributed by atoms with van der Waals surface area (Å²) in [6.07, 6.45) is 0. The number of hydrogen-bond donors (Lipinski definition) is 1. The summed E-state index contributed by atoms with van der Waals surface area (Å²) in [6.45, 7) is 8.66. The molecule has 2 fully saturated rings. The third kappa shape index (κ3) is 1.55. The lowest BCUT2D eigenvalue weighted by atomic mass is 9.95. The Balaban J connectivity index is 1.71. The number of hydrogen-bond acceptors (Lipinski definition) is 5. The second-order valence-corrected chi connectivity index (χ2v) is 5.05. The maximum Gasteiger partial charge on any atom is 0.122 e. The van der Waals surface area contributed by atoms with Gasteiger partial charge in [0.15, 0.2) is 0 Å². The van der Waals surface area contributed by atoms with Crippen LogP contribution in [0.1, 0.15) is 18.3 Å². The largest absolute Gasteiger partial charge is 0.316 e. The topological polar surface area (TPSA) is 54.2 Å². The highest BCUT2D eigenvalue weighted by Crippen LogP contribution is 2.33. The van der Waals surface area contributed by atoms with Crippen molar-refractivity contribution in [3.05, 3.63) is 11.4 Å². The van der Waals surface area contributed by atoms with Crippen LogP contribution in [0.5, 0.6) is 0 Å². The molecule has 16 heavy (non-hydrogen) atoms. The lowest BCUT2D eigenvalue weighted by Crippen LogP contribution is -2.33. The third-order valence-corrected chi connectivity index (χ3v) is 4.16. The molecule has 0 spiro atoms. The first-order valence-electron chi connectivity index (χ1n) is 5.98. The summed E-state index contributed by atoms with van der Waals surface area (Å²) in [7, 11) is 0. The number of rotatable bonds is 2. The quantitative estimate of drug-likeness (QED) is 0.786. The van der Waals surface area contributed by atoms with E-state index < -0.39 is 0 Å². The minimum absolute atomic E-state index is 0.635. The van der Waals surface area contributed by atoms with Crippen LogP contribution in [0.3, 0.4) is 0 Å². The van der Waals surface area contributed by atoms with E-state index >= 15 is 0 Å². The van der Waals surface area contributed by atoms with Gasteiger partial charge in [0, 0.05) is 19.1 Å². The molecule has 2 saturated heterocycles. The van der Waals surface area contributed by atoms with Gasteiger partial charge in [0.2, 0.25) is 0 Å². The number of aryl methyl sites for hydroxylation is 1.